The van der Waals surface area contributed by atoms with Crippen LogP contribution in [0.25, 0.3) is 0 Å². The Hall–Kier alpha value is -1.35. The van der Waals surface area contributed by atoms with Crippen molar-refractivity contribution < 1.29 is 9.90 Å². The van der Waals surface area contributed by atoms with Crippen LogP contribution in [0.15, 0.2) is 30.3 Å². The minimum Gasteiger partial charge on any atom is -0.483 e. The van der Waals surface area contributed by atoms with Gasteiger partial charge in [0.1, 0.15) is 0 Å². The highest BCUT2D eigenvalue weighted by Gasteiger charge is 2.09. The molecule has 0 amide bonds. The molecule has 3 nitrogen and oxygen atoms in total. The molecule has 0 radical (unpaired) electrons. The van der Waals surface area contributed by atoms with E-state index in [0.717, 1.165) is 6.54 Å². The van der Waals surface area contributed by atoms with Crippen LogP contribution in [0, 0.1) is 0 Å². The van der Waals surface area contributed by atoms with Crippen LogP contribution >= 0.6 is 0 Å². The second kappa shape index (κ2) is 7.88. The normalized spacial score (nSPS) is 16.0. The average Bonchev–Trinajstić information content (AvgIpc) is 2.33. The van der Waals surface area contributed by atoms with E-state index in [1.807, 2.05) is 0 Å². The number of hydrogen-bond donors (Lipinski definition) is 1. The maximum atomic E-state index is 8.36. The summed E-state index contributed by atoms with van der Waals surface area (Å²) >= 11 is 0. The molecule has 0 aliphatic carbocycles. The summed E-state index contributed by atoms with van der Waals surface area (Å²) in [5.74, 6) is 0. The van der Waals surface area contributed by atoms with Gasteiger partial charge in [0.15, 0.2) is 0 Å². The SMILES string of the molecule is O=CO.c1ccc(CN2CCCCC2)cc1. The summed E-state index contributed by atoms with van der Waals surface area (Å²) in [5, 5.41) is 6.89. The fourth-order valence-electron chi connectivity index (χ4n) is 1.96. The maximum absolute atomic E-state index is 8.36. The van der Waals surface area contributed by atoms with Gasteiger partial charge in [-0.2, -0.15) is 0 Å². The summed E-state index contributed by atoms with van der Waals surface area (Å²) in [6.07, 6.45) is 4.19. The molecule has 2 rings (SSSR count). The molecule has 1 N–H and O–H groups in total. The number of benzene rings is 1. The predicted octanol–water partition coefficient (Wildman–Crippen LogP) is 2.37. The number of piperidine rings is 1. The molecule has 0 saturated carbocycles. The quantitative estimate of drug-likeness (QED) is 0.779. The first-order valence-corrected chi connectivity index (χ1v) is 5.71. The first-order chi connectivity index (χ1) is 7.86. The average molecular weight is 221 g/mol. The number of rotatable bonds is 2. The molecule has 1 aromatic rings. The van der Waals surface area contributed by atoms with Gasteiger partial charge in [-0.3, -0.25) is 9.69 Å². The van der Waals surface area contributed by atoms with Crippen molar-refractivity contribution >= 4 is 6.47 Å². The smallest absolute Gasteiger partial charge is 0.290 e. The molecule has 1 heterocycles. The molecule has 0 aromatic heterocycles. The number of carbonyl (C=O) groups is 1. The molecule has 88 valence electrons. The van der Waals surface area contributed by atoms with Gasteiger partial charge < -0.3 is 5.11 Å². The van der Waals surface area contributed by atoms with E-state index in [2.05, 4.69) is 35.2 Å². The van der Waals surface area contributed by atoms with Gasteiger partial charge >= 0.3 is 0 Å². The van der Waals surface area contributed by atoms with E-state index in [1.54, 1.807) is 0 Å². The Morgan fingerprint density at radius 2 is 1.69 bits per heavy atom. The number of nitrogens with zero attached hydrogens (tertiary/aromatic N) is 1. The van der Waals surface area contributed by atoms with Crippen LogP contribution in [0.1, 0.15) is 24.8 Å². The van der Waals surface area contributed by atoms with E-state index in [-0.39, 0.29) is 6.47 Å². The van der Waals surface area contributed by atoms with E-state index in [9.17, 15) is 0 Å². The fraction of sp³-hybridized carbons (Fsp3) is 0.462. The highest BCUT2D eigenvalue weighted by Crippen LogP contribution is 2.12. The van der Waals surface area contributed by atoms with Crippen molar-refractivity contribution in [2.24, 2.45) is 0 Å². The van der Waals surface area contributed by atoms with Crippen molar-refractivity contribution in [3.63, 3.8) is 0 Å². The second-order valence-electron chi connectivity index (χ2n) is 3.93. The summed E-state index contributed by atoms with van der Waals surface area (Å²) in [4.78, 5) is 10.9. The third kappa shape index (κ3) is 4.94. The maximum Gasteiger partial charge on any atom is 0.290 e. The van der Waals surface area contributed by atoms with Gasteiger partial charge in [-0.05, 0) is 31.5 Å². The van der Waals surface area contributed by atoms with E-state index >= 15 is 0 Å². The number of likely N-dealkylation sites (tertiary alicyclic amines) is 1. The molecular weight excluding hydrogens is 202 g/mol. The summed E-state index contributed by atoms with van der Waals surface area (Å²) in [6.45, 7) is 3.46. The van der Waals surface area contributed by atoms with Crippen molar-refractivity contribution in [1.29, 1.82) is 0 Å². The minimum absolute atomic E-state index is 0.250. The first kappa shape index (κ1) is 12.7. The lowest BCUT2D eigenvalue weighted by Crippen LogP contribution is -2.28. The van der Waals surface area contributed by atoms with Gasteiger partial charge in [-0.25, -0.2) is 0 Å². The van der Waals surface area contributed by atoms with Crippen molar-refractivity contribution in [2.75, 3.05) is 13.1 Å². The lowest BCUT2D eigenvalue weighted by molar-refractivity contribution is -0.122. The van der Waals surface area contributed by atoms with Crippen LogP contribution in [0.5, 0.6) is 0 Å². The van der Waals surface area contributed by atoms with Gasteiger partial charge in [0.05, 0.1) is 0 Å². The summed E-state index contributed by atoms with van der Waals surface area (Å²) in [6, 6.07) is 10.8. The van der Waals surface area contributed by atoms with E-state index in [4.69, 9.17) is 9.90 Å². The molecular formula is C13H19NO2. The fourth-order valence-corrected chi connectivity index (χ4v) is 1.96. The Kier molecular flexibility index (Phi) is 6.26. The largest absolute Gasteiger partial charge is 0.483 e. The minimum atomic E-state index is -0.250. The van der Waals surface area contributed by atoms with Crippen molar-refractivity contribution in [3.05, 3.63) is 35.9 Å². The van der Waals surface area contributed by atoms with Crippen LogP contribution in [0.2, 0.25) is 0 Å². The molecule has 1 aromatic carbocycles. The van der Waals surface area contributed by atoms with E-state index < -0.39 is 0 Å². The van der Waals surface area contributed by atoms with Crippen LogP contribution < -0.4 is 0 Å². The molecule has 16 heavy (non-hydrogen) atoms. The second-order valence-corrected chi connectivity index (χ2v) is 3.93. The Bertz CT molecular complexity index is 281. The molecule has 1 saturated heterocycles. The highest BCUT2D eigenvalue weighted by molar-refractivity contribution is 5.32. The standard InChI is InChI=1S/C12H17N.CH2O2/c1-3-7-12(8-4-1)11-13-9-5-2-6-10-13;2-1-3/h1,3-4,7-8H,2,5-6,9-11H2;1H,(H,2,3). The van der Waals surface area contributed by atoms with Gasteiger partial charge in [0.25, 0.3) is 6.47 Å². The van der Waals surface area contributed by atoms with Gasteiger partial charge in [-0.1, -0.05) is 36.8 Å². The summed E-state index contributed by atoms with van der Waals surface area (Å²) < 4.78 is 0. The summed E-state index contributed by atoms with van der Waals surface area (Å²) in [5.41, 5.74) is 1.45. The zero-order valence-electron chi connectivity index (χ0n) is 9.51. The van der Waals surface area contributed by atoms with E-state index in [1.165, 1.54) is 37.9 Å². The van der Waals surface area contributed by atoms with Crippen molar-refractivity contribution in [1.82, 2.24) is 4.90 Å². The third-order valence-electron chi connectivity index (χ3n) is 2.70. The molecule has 0 spiro atoms. The van der Waals surface area contributed by atoms with Gasteiger partial charge in [0, 0.05) is 6.54 Å². The number of carboxylic acid groups (broad SMARTS) is 1. The van der Waals surface area contributed by atoms with Crippen LogP contribution in [0.4, 0.5) is 0 Å². The molecule has 1 aliphatic heterocycles. The Labute approximate surface area is 96.7 Å². The lowest BCUT2D eigenvalue weighted by Gasteiger charge is -2.26. The van der Waals surface area contributed by atoms with Gasteiger partial charge in [-0.15, -0.1) is 0 Å². The van der Waals surface area contributed by atoms with Crippen molar-refractivity contribution in [2.45, 2.75) is 25.8 Å². The molecule has 1 fully saturated rings. The van der Waals surface area contributed by atoms with E-state index in [0.29, 0.717) is 0 Å². The first-order valence-electron chi connectivity index (χ1n) is 5.71. The lowest BCUT2D eigenvalue weighted by atomic mass is 10.1. The summed E-state index contributed by atoms with van der Waals surface area (Å²) in [7, 11) is 0. The molecule has 1 aliphatic rings. The molecule has 3 heteroatoms. The Balaban J connectivity index is 0.000000386. The molecule has 0 unspecified atom stereocenters. The van der Waals surface area contributed by atoms with Gasteiger partial charge in [0.2, 0.25) is 0 Å². The van der Waals surface area contributed by atoms with Crippen LogP contribution in [-0.4, -0.2) is 29.6 Å². The highest BCUT2D eigenvalue weighted by atomic mass is 16.3. The van der Waals surface area contributed by atoms with Crippen LogP contribution in [0.3, 0.4) is 0 Å². The van der Waals surface area contributed by atoms with Crippen LogP contribution in [-0.2, 0) is 11.3 Å². The Morgan fingerprint density at radius 1 is 1.12 bits per heavy atom. The third-order valence-corrected chi connectivity index (χ3v) is 2.70. The predicted molar refractivity (Wildman–Crippen MR) is 64.3 cm³/mol. The monoisotopic (exact) mass is 221 g/mol. The zero-order valence-corrected chi connectivity index (χ0v) is 9.51. The Morgan fingerprint density at radius 3 is 2.25 bits per heavy atom. The topological polar surface area (TPSA) is 40.5 Å². The molecule has 0 bridgehead atoms. The zero-order chi connectivity index (χ0) is 11.6. The van der Waals surface area contributed by atoms with Crippen molar-refractivity contribution in [3.8, 4) is 0 Å². The number of hydrogen-bond acceptors (Lipinski definition) is 2. The molecule has 0 atom stereocenters.